The number of nitrogens with zero attached hydrogens (tertiary/aromatic N) is 2. The fraction of sp³-hybridized carbons (Fsp3) is 0.208. The van der Waals surface area contributed by atoms with E-state index in [1.54, 1.807) is 23.6 Å². The third-order valence-electron chi connectivity index (χ3n) is 5.54. The predicted octanol–water partition coefficient (Wildman–Crippen LogP) is 4.49. The van der Waals surface area contributed by atoms with E-state index in [1.165, 1.54) is 20.5 Å². The number of carbonyl (C=O) groups excluding carboxylic acids is 1. The van der Waals surface area contributed by atoms with Gasteiger partial charge in [-0.25, -0.2) is 4.79 Å². The zero-order valence-electron chi connectivity index (χ0n) is 17.9. The van der Waals surface area contributed by atoms with Crippen LogP contribution in [0.1, 0.15) is 22.3 Å². The highest BCUT2D eigenvalue weighted by atomic mass is 35.5. The smallest absolute Gasteiger partial charge is 0.323 e. The third-order valence-corrected chi connectivity index (χ3v) is 6.74. The molecule has 0 atom stereocenters. The van der Waals surface area contributed by atoms with Crippen molar-refractivity contribution in [1.82, 2.24) is 9.13 Å². The third kappa shape index (κ3) is 4.13. The van der Waals surface area contributed by atoms with Gasteiger partial charge in [-0.05, 0) is 60.5 Å². The number of anilines is 1. The lowest BCUT2D eigenvalue weighted by molar-refractivity contribution is -0.116. The number of benzene rings is 2. The number of amides is 1. The van der Waals surface area contributed by atoms with E-state index in [2.05, 4.69) is 5.32 Å². The molecule has 4 aromatic rings. The minimum Gasteiger partial charge on any atom is -0.323 e. The minimum absolute atomic E-state index is 0.137. The van der Waals surface area contributed by atoms with Crippen molar-refractivity contribution in [3.05, 3.63) is 96.0 Å². The van der Waals surface area contributed by atoms with E-state index >= 15 is 0 Å². The van der Waals surface area contributed by atoms with Crippen LogP contribution in [0.4, 0.5) is 5.69 Å². The molecule has 2 heterocycles. The van der Waals surface area contributed by atoms with Crippen LogP contribution in [0.2, 0.25) is 5.02 Å². The zero-order valence-corrected chi connectivity index (χ0v) is 19.5. The van der Waals surface area contributed by atoms with E-state index in [0.29, 0.717) is 20.9 Å². The molecule has 1 amide bonds. The largest absolute Gasteiger partial charge is 0.332 e. The summed E-state index contributed by atoms with van der Waals surface area (Å²) in [4.78, 5) is 39.2. The van der Waals surface area contributed by atoms with Gasteiger partial charge >= 0.3 is 5.69 Å². The van der Waals surface area contributed by atoms with Gasteiger partial charge in [0.2, 0.25) is 5.91 Å². The average molecular weight is 468 g/mol. The first-order chi connectivity index (χ1) is 15.3. The summed E-state index contributed by atoms with van der Waals surface area (Å²) >= 11 is 7.48. The molecule has 164 valence electrons. The summed E-state index contributed by atoms with van der Waals surface area (Å²) < 4.78 is 2.97. The maximum atomic E-state index is 13.3. The van der Waals surface area contributed by atoms with E-state index < -0.39 is 11.6 Å². The molecule has 0 radical (unpaired) electrons. The van der Waals surface area contributed by atoms with Gasteiger partial charge in [-0.15, -0.1) is 11.3 Å². The molecule has 0 bridgehead atoms. The van der Waals surface area contributed by atoms with E-state index in [1.807, 2.05) is 45.0 Å². The number of para-hydroxylation sites is 1. The van der Waals surface area contributed by atoms with Gasteiger partial charge in [0.15, 0.2) is 0 Å². The van der Waals surface area contributed by atoms with Crippen molar-refractivity contribution in [2.24, 2.45) is 0 Å². The number of fused-ring (bicyclic) bond motifs is 1. The van der Waals surface area contributed by atoms with Crippen molar-refractivity contribution in [3.63, 3.8) is 0 Å². The van der Waals surface area contributed by atoms with Gasteiger partial charge in [-0.2, -0.15) is 0 Å². The highest BCUT2D eigenvalue weighted by molar-refractivity contribution is 7.17. The molecule has 0 fully saturated rings. The van der Waals surface area contributed by atoms with Crippen molar-refractivity contribution in [1.29, 1.82) is 0 Å². The van der Waals surface area contributed by atoms with E-state index in [4.69, 9.17) is 11.6 Å². The maximum absolute atomic E-state index is 13.3. The molecule has 4 rings (SSSR count). The van der Waals surface area contributed by atoms with E-state index in [9.17, 15) is 14.4 Å². The summed E-state index contributed by atoms with van der Waals surface area (Å²) in [6.07, 6.45) is 0. The standard InChI is InChI=1S/C24H22ClN3O3S/c1-14-7-8-17(11-16(14)3)12-28-23(30)22-19(9-10-32-22)27(24(28)31)13-20(29)26-21-15(2)5-4-6-18(21)25/h4-11H,12-13H2,1-3H3,(H,26,29). The number of halogens is 1. The Balaban J connectivity index is 1.74. The van der Waals surface area contributed by atoms with Gasteiger partial charge in [0, 0.05) is 0 Å². The Morgan fingerprint density at radius 2 is 1.78 bits per heavy atom. The summed E-state index contributed by atoms with van der Waals surface area (Å²) in [7, 11) is 0. The topological polar surface area (TPSA) is 73.1 Å². The van der Waals surface area contributed by atoms with Gasteiger partial charge in [0.25, 0.3) is 5.56 Å². The number of aryl methyl sites for hydroxylation is 3. The fourth-order valence-electron chi connectivity index (χ4n) is 3.62. The summed E-state index contributed by atoms with van der Waals surface area (Å²) in [6.45, 7) is 5.75. The Labute approximate surface area is 193 Å². The first-order valence-corrected chi connectivity index (χ1v) is 11.3. The molecule has 6 nitrogen and oxygen atoms in total. The molecular weight excluding hydrogens is 446 g/mol. The van der Waals surface area contributed by atoms with Gasteiger partial charge < -0.3 is 5.32 Å². The number of nitrogens with one attached hydrogen (secondary N) is 1. The van der Waals surface area contributed by atoms with Gasteiger partial charge in [-0.3, -0.25) is 18.7 Å². The average Bonchev–Trinajstić information content (AvgIpc) is 3.24. The summed E-state index contributed by atoms with van der Waals surface area (Å²) in [5.74, 6) is -0.396. The Hall–Kier alpha value is -3.16. The van der Waals surface area contributed by atoms with Crippen LogP contribution in [0.15, 0.2) is 57.4 Å². The first-order valence-electron chi connectivity index (χ1n) is 10.1. The lowest BCUT2D eigenvalue weighted by Crippen LogP contribution is -2.41. The fourth-order valence-corrected chi connectivity index (χ4v) is 4.73. The number of hydrogen-bond acceptors (Lipinski definition) is 4. The minimum atomic E-state index is -0.523. The van der Waals surface area contributed by atoms with Crippen LogP contribution in [0.25, 0.3) is 10.2 Å². The van der Waals surface area contributed by atoms with Gasteiger partial charge in [0.05, 0.1) is 22.8 Å². The highest BCUT2D eigenvalue weighted by Gasteiger charge is 2.18. The van der Waals surface area contributed by atoms with Crippen LogP contribution >= 0.6 is 22.9 Å². The van der Waals surface area contributed by atoms with Crippen LogP contribution in [-0.4, -0.2) is 15.0 Å². The van der Waals surface area contributed by atoms with E-state index in [0.717, 1.165) is 22.3 Å². The summed E-state index contributed by atoms with van der Waals surface area (Å²) in [5, 5.41) is 4.96. The van der Waals surface area contributed by atoms with Gasteiger partial charge in [-0.1, -0.05) is 41.9 Å². The summed E-state index contributed by atoms with van der Waals surface area (Å²) in [6, 6.07) is 12.9. The molecule has 1 N–H and O–H groups in total. The van der Waals surface area contributed by atoms with E-state index in [-0.39, 0.29) is 18.6 Å². The predicted molar refractivity (Wildman–Crippen MR) is 130 cm³/mol. The van der Waals surface area contributed by atoms with Gasteiger partial charge in [0.1, 0.15) is 11.2 Å². The highest BCUT2D eigenvalue weighted by Crippen LogP contribution is 2.25. The quantitative estimate of drug-likeness (QED) is 0.470. The number of hydrogen-bond donors (Lipinski definition) is 1. The second-order valence-corrected chi connectivity index (χ2v) is 9.12. The molecule has 0 unspecified atom stereocenters. The molecule has 0 spiro atoms. The molecule has 0 aliphatic carbocycles. The zero-order chi connectivity index (χ0) is 23.0. The van der Waals surface area contributed by atoms with Crippen molar-refractivity contribution in [2.45, 2.75) is 33.9 Å². The second-order valence-electron chi connectivity index (χ2n) is 7.79. The van der Waals surface area contributed by atoms with Crippen LogP contribution in [0.5, 0.6) is 0 Å². The normalized spacial score (nSPS) is 11.1. The molecule has 0 saturated carbocycles. The Kier molecular flexibility index (Phi) is 6.04. The molecule has 2 aromatic carbocycles. The van der Waals surface area contributed by atoms with Crippen molar-refractivity contribution < 1.29 is 4.79 Å². The number of rotatable bonds is 5. The molecule has 0 aliphatic heterocycles. The van der Waals surface area contributed by atoms with Crippen LogP contribution in [0.3, 0.4) is 0 Å². The first kappa shape index (κ1) is 22.0. The number of thiophene rings is 1. The van der Waals surface area contributed by atoms with Crippen LogP contribution in [-0.2, 0) is 17.9 Å². The number of aromatic nitrogens is 2. The summed E-state index contributed by atoms with van der Waals surface area (Å²) in [5.41, 5.74) is 3.98. The monoisotopic (exact) mass is 467 g/mol. The molecule has 0 aliphatic rings. The van der Waals surface area contributed by atoms with Crippen LogP contribution in [0, 0.1) is 20.8 Å². The number of carbonyl (C=O) groups is 1. The Morgan fingerprint density at radius 3 is 2.50 bits per heavy atom. The molecule has 0 saturated heterocycles. The molecule has 32 heavy (non-hydrogen) atoms. The molecular formula is C24H22ClN3O3S. The molecule has 2 aromatic heterocycles. The SMILES string of the molecule is Cc1ccc(Cn2c(=O)c3sccc3n(CC(=O)Nc3c(C)cccc3Cl)c2=O)cc1C. The van der Waals surface area contributed by atoms with Crippen molar-refractivity contribution in [3.8, 4) is 0 Å². The lowest BCUT2D eigenvalue weighted by Gasteiger charge is -2.14. The van der Waals surface area contributed by atoms with Crippen LogP contribution < -0.4 is 16.6 Å². The lowest BCUT2D eigenvalue weighted by atomic mass is 10.1. The molecule has 8 heteroatoms. The second kappa shape index (κ2) is 8.76. The Morgan fingerprint density at radius 1 is 1.00 bits per heavy atom. The Bertz CT molecular complexity index is 1450. The maximum Gasteiger partial charge on any atom is 0.332 e. The van der Waals surface area contributed by atoms with Crippen molar-refractivity contribution in [2.75, 3.05) is 5.32 Å². The van der Waals surface area contributed by atoms with Crippen molar-refractivity contribution >= 4 is 44.7 Å².